The Morgan fingerprint density at radius 2 is 1.57 bits per heavy atom. The molecule has 0 amide bonds. The minimum atomic E-state index is 0.0352. The molecule has 1 saturated carbocycles. The van der Waals surface area contributed by atoms with Gasteiger partial charge in [-0.25, -0.2) is 0 Å². The molecule has 1 aliphatic carbocycles. The number of ether oxygens (including phenoxy) is 2. The second kappa shape index (κ2) is 7.42. The first kappa shape index (κ1) is 15.1. The summed E-state index contributed by atoms with van der Waals surface area (Å²) in [6.07, 6.45) is 10.4. The van der Waals surface area contributed by atoms with Gasteiger partial charge >= 0.3 is 0 Å². The summed E-state index contributed by atoms with van der Waals surface area (Å²) in [6, 6.07) is 10.9. The molecule has 1 aromatic rings. The summed E-state index contributed by atoms with van der Waals surface area (Å²) in [5.41, 5.74) is 1.47. The molecule has 1 aromatic carbocycles. The van der Waals surface area contributed by atoms with E-state index in [-0.39, 0.29) is 6.29 Å². The zero-order valence-electron chi connectivity index (χ0n) is 13.2. The molecule has 2 heterocycles. The maximum Gasteiger partial charge on any atom is 0.158 e. The molecule has 2 heteroatoms. The molecular formula is C19H28O2. The quantitative estimate of drug-likeness (QED) is 0.730. The molecule has 3 aliphatic rings. The minimum Gasteiger partial charge on any atom is -0.349 e. The average molecular weight is 288 g/mol. The van der Waals surface area contributed by atoms with E-state index in [1.807, 2.05) is 0 Å². The van der Waals surface area contributed by atoms with Crippen LogP contribution in [-0.4, -0.2) is 18.5 Å². The van der Waals surface area contributed by atoms with Crippen LogP contribution < -0.4 is 0 Å². The molecule has 4 rings (SSSR count). The number of benzene rings is 1. The number of rotatable bonds is 6. The lowest BCUT2D eigenvalue weighted by molar-refractivity contribution is -0.160. The monoisotopic (exact) mass is 288 g/mol. The normalized spacial score (nSPS) is 30.0. The van der Waals surface area contributed by atoms with Crippen molar-refractivity contribution in [2.75, 3.05) is 0 Å². The third-order valence-electron chi connectivity index (χ3n) is 4.97. The van der Waals surface area contributed by atoms with Crippen LogP contribution in [0.4, 0.5) is 0 Å². The molecule has 21 heavy (non-hydrogen) atoms. The Morgan fingerprint density at radius 3 is 2.14 bits per heavy atom. The fraction of sp³-hybridized carbons (Fsp3) is 0.684. The van der Waals surface area contributed by atoms with Gasteiger partial charge in [-0.2, -0.15) is 0 Å². The minimum absolute atomic E-state index is 0.0352. The first-order valence-corrected chi connectivity index (χ1v) is 8.71. The molecule has 1 unspecified atom stereocenters. The van der Waals surface area contributed by atoms with Crippen LogP contribution >= 0.6 is 0 Å². The molecule has 116 valence electrons. The van der Waals surface area contributed by atoms with Crippen LogP contribution in [0.15, 0.2) is 30.3 Å². The lowest BCUT2D eigenvalue weighted by Crippen LogP contribution is -2.20. The SMILES string of the molecule is CCCC(CCC1OC2CCC(CC2)O1)c1ccccc1. The van der Waals surface area contributed by atoms with Crippen molar-refractivity contribution < 1.29 is 9.47 Å². The molecule has 2 bridgehead atoms. The Balaban J connectivity index is 1.57. The van der Waals surface area contributed by atoms with Gasteiger partial charge in [-0.3, -0.25) is 0 Å². The Hall–Kier alpha value is -0.860. The highest BCUT2D eigenvalue weighted by molar-refractivity contribution is 5.19. The zero-order valence-corrected chi connectivity index (χ0v) is 13.2. The van der Waals surface area contributed by atoms with Crippen molar-refractivity contribution in [3.63, 3.8) is 0 Å². The van der Waals surface area contributed by atoms with E-state index in [0.717, 1.165) is 6.42 Å². The topological polar surface area (TPSA) is 18.5 Å². The van der Waals surface area contributed by atoms with E-state index in [9.17, 15) is 0 Å². The van der Waals surface area contributed by atoms with Gasteiger partial charge in [0.2, 0.25) is 0 Å². The Labute approximate surface area is 128 Å². The standard InChI is InChI=1S/C19H28O2/c1-2-6-15(16-7-4-3-5-8-16)9-14-19-20-17-10-11-18(21-19)13-12-17/h3-5,7-8,15,17-19H,2,6,9-14H2,1H3. The van der Waals surface area contributed by atoms with E-state index in [1.165, 1.54) is 50.5 Å². The number of hydrogen-bond acceptors (Lipinski definition) is 2. The van der Waals surface area contributed by atoms with E-state index in [2.05, 4.69) is 37.3 Å². The van der Waals surface area contributed by atoms with Gasteiger partial charge in [0.05, 0.1) is 12.2 Å². The van der Waals surface area contributed by atoms with Crippen LogP contribution in [0.5, 0.6) is 0 Å². The van der Waals surface area contributed by atoms with Gasteiger partial charge in [0, 0.05) is 0 Å². The van der Waals surface area contributed by atoms with E-state index < -0.39 is 0 Å². The summed E-state index contributed by atoms with van der Waals surface area (Å²) < 4.78 is 12.3. The van der Waals surface area contributed by atoms with Gasteiger partial charge in [0.1, 0.15) is 0 Å². The maximum atomic E-state index is 6.14. The smallest absolute Gasteiger partial charge is 0.158 e. The molecule has 3 fully saturated rings. The predicted molar refractivity (Wildman–Crippen MR) is 85.3 cm³/mol. The summed E-state index contributed by atoms with van der Waals surface area (Å²) in [5.74, 6) is 0.643. The van der Waals surface area contributed by atoms with Crippen molar-refractivity contribution in [3.8, 4) is 0 Å². The molecule has 2 saturated heterocycles. The second-order valence-corrected chi connectivity index (χ2v) is 6.57. The largest absolute Gasteiger partial charge is 0.349 e. The molecule has 0 spiro atoms. The van der Waals surface area contributed by atoms with Crippen LogP contribution in [-0.2, 0) is 9.47 Å². The van der Waals surface area contributed by atoms with Gasteiger partial charge in [0.15, 0.2) is 6.29 Å². The van der Waals surface area contributed by atoms with Crippen LogP contribution in [0.2, 0.25) is 0 Å². The lowest BCUT2D eigenvalue weighted by atomic mass is 9.90. The van der Waals surface area contributed by atoms with Crippen molar-refractivity contribution in [1.29, 1.82) is 0 Å². The molecular weight excluding hydrogens is 260 g/mol. The fourth-order valence-corrected chi connectivity index (χ4v) is 3.79. The summed E-state index contributed by atoms with van der Waals surface area (Å²) >= 11 is 0. The van der Waals surface area contributed by atoms with E-state index in [4.69, 9.17) is 9.47 Å². The van der Waals surface area contributed by atoms with Gasteiger partial charge in [-0.15, -0.1) is 0 Å². The third kappa shape index (κ3) is 4.08. The highest BCUT2D eigenvalue weighted by Gasteiger charge is 2.31. The van der Waals surface area contributed by atoms with Gasteiger partial charge < -0.3 is 9.47 Å². The van der Waals surface area contributed by atoms with Crippen molar-refractivity contribution >= 4 is 0 Å². The third-order valence-corrected chi connectivity index (χ3v) is 4.97. The molecule has 1 atom stereocenters. The molecule has 2 nitrogen and oxygen atoms in total. The van der Waals surface area contributed by atoms with Gasteiger partial charge in [0.25, 0.3) is 0 Å². The van der Waals surface area contributed by atoms with Crippen molar-refractivity contribution in [2.45, 2.75) is 82.7 Å². The van der Waals surface area contributed by atoms with E-state index in [1.54, 1.807) is 0 Å². The first-order chi connectivity index (χ1) is 10.3. The van der Waals surface area contributed by atoms with Crippen LogP contribution in [0, 0.1) is 0 Å². The van der Waals surface area contributed by atoms with Crippen molar-refractivity contribution in [2.24, 2.45) is 0 Å². The van der Waals surface area contributed by atoms with Crippen molar-refractivity contribution in [3.05, 3.63) is 35.9 Å². The summed E-state index contributed by atoms with van der Waals surface area (Å²) in [5, 5.41) is 0. The summed E-state index contributed by atoms with van der Waals surface area (Å²) in [7, 11) is 0. The van der Waals surface area contributed by atoms with E-state index >= 15 is 0 Å². The first-order valence-electron chi connectivity index (χ1n) is 8.71. The molecule has 2 aliphatic heterocycles. The summed E-state index contributed by atoms with van der Waals surface area (Å²) in [6.45, 7) is 2.27. The Kier molecular flexibility index (Phi) is 5.32. The average Bonchev–Trinajstić information content (AvgIpc) is 2.85. The van der Waals surface area contributed by atoms with Gasteiger partial charge in [-0.05, 0) is 56.4 Å². The highest BCUT2D eigenvalue weighted by atomic mass is 16.7. The van der Waals surface area contributed by atoms with Gasteiger partial charge in [-0.1, -0.05) is 43.7 Å². The Morgan fingerprint density at radius 1 is 0.952 bits per heavy atom. The molecule has 0 radical (unpaired) electrons. The molecule has 0 aromatic heterocycles. The highest BCUT2D eigenvalue weighted by Crippen LogP contribution is 2.33. The van der Waals surface area contributed by atoms with E-state index in [0.29, 0.717) is 18.1 Å². The fourth-order valence-electron chi connectivity index (χ4n) is 3.79. The zero-order chi connectivity index (χ0) is 14.5. The Bertz CT molecular complexity index is 395. The number of fused-ring (bicyclic) bond motifs is 4. The van der Waals surface area contributed by atoms with Crippen LogP contribution in [0.3, 0.4) is 0 Å². The maximum absolute atomic E-state index is 6.14. The van der Waals surface area contributed by atoms with Crippen LogP contribution in [0.25, 0.3) is 0 Å². The van der Waals surface area contributed by atoms with Crippen molar-refractivity contribution in [1.82, 2.24) is 0 Å². The molecule has 0 N–H and O–H groups in total. The summed E-state index contributed by atoms with van der Waals surface area (Å²) in [4.78, 5) is 0. The second-order valence-electron chi connectivity index (χ2n) is 6.57. The predicted octanol–water partition coefficient (Wildman–Crippen LogP) is 5.03. The number of hydrogen-bond donors (Lipinski definition) is 0. The lowest BCUT2D eigenvalue weighted by Gasteiger charge is -2.22. The van der Waals surface area contributed by atoms with Crippen LogP contribution in [0.1, 0.15) is 69.8 Å².